The van der Waals surface area contributed by atoms with Gasteiger partial charge in [0.05, 0.1) is 20.5 Å². The number of anilines is 1. The standard InChI is InChI=1S/C22H27ClN6O3S2/c1-4-5-10-29(13-30)15-8-6-14(7-9-15)19-26-27-20(32-19)17-11-16(23)18(33-17)22(2)12-34(31)28(3)21(24)25-22/h6-9,11,13,20,27H,4-5,10,12H2,1-3H3,(H2,24,25)/t20?,22-,34?/m0/s1. The average Bonchev–Trinajstić information content (AvgIpc) is 3.46. The monoisotopic (exact) mass is 522 g/mol. The number of aliphatic imine (C=N–C) groups is 1. The smallest absolute Gasteiger partial charge is 0.240 e. The Balaban J connectivity index is 1.48. The molecule has 4 rings (SSSR count). The van der Waals surface area contributed by atoms with Gasteiger partial charge in [0, 0.05) is 24.8 Å². The molecule has 2 aromatic rings. The minimum Gasteiger partial charge on any atom is -0.446 e. The van der Waals surface area contributed by atoms with Crippen molar-refractivity contribution >= 4 is 57.9 Å². The average molecular weight is 523 g/mol. The van der Waals surface area contributed by atoms with Gasteiger partial charge in [0.2, 0.25) is 24.5 Å². The van der Waals surface area contributed by atoms with Crippen LogP contribution in [0.3, 0.4) is 0 Å². The minimum absolute atomic E-state index is 0.213. The fourth-order valence-corrected chi connectivity index (χ4v) is 6.54. The van der Waals surface area contributed by atoms with Gasteiger partial charge in [-0.05, 0) is 43.7 Å². The maximum Gasteiger partial charge on any atom is 0.240 e. The van der Waals surface area contributed by atoms with Gasteiger partial charge in [-0.25, -0.2) is 9.20 Å². The van der Waals surface area contributed by atoms with Crippen molar-refractivity contribution in [1.82, 2.24) is 9.73 Å². The van der Waals surface area contributed by atoms with E-state index in [0.29, 0.717) is 17.5 Å². The number of nitrogens with zero attached hydrogens (tertiary/aromatic N) is 4. The summed E-state index contributed by atoms with van der Waals surface area (Å²) in [4.78, 5) is 19.2. The molecule has 9 nitrogen and oxygen atoms in total. The van der Waals surface area contributed by atoms with Crippen molar-refractivity contribution < 1.29 is 13.7 Å². The van der Waals surface area contributed by atoms with E-state index < -0.39 is 22.8 Å². The van der Waals surface area contributed by atoms with Crippen molar-refractivity contribution in [3.05, 3.63) is 50.7 Å². The highest BCUT2D eigenvalue weighted by atomic mass is 35.5. The van der Waals surface area contributed by atoms with E-state index in [4.69, 9.17) is 22.1 Å². The third-order valence-corrected chi connectivity index (χ3v) is 9.13. The van der Waals surface area contributed by atoms with E-state index >= 15 is 0 Å². The van der Waals surface area contributed by atoms with Crippen molar-refractivity contribution in [2.24, 2.45) is 15.8 Å². The largest absolute Gasteiger partial charge is 0.446 e. The Kier molecular flexibility index (Phi) is 7.15. The lowest BCUT2D eigenvalue weighted by molar-refractivity contribution is -0.107. The third-order valence-electron chi connectivity index (χ3n) is 5.69. The van der Waals surface area contributed by atoms with Crippen LogP contribution in [0.2, 0.25) is 5.02 Å². The Morgan fingerprint density at radius 2 is 2.18 bits per heavy atom. The van der Waals surface area contributed by atoms with E-state index in [-0.39, 0.29) is 11.7 Å². The Labute approximate surface area is 210 Å². The number of guanidine groups is 1. The predicted octanol–water partition coefficient (Wildman–Crippen LogP) is 3.28. The van der Waals surface area contributed by atoms with Crippen molar-refractivity contribution in [3.63, 3.8) is 0 Å². The first-order valence-electron chi connectivity index (χ1n) is 10.8. The minimum atomic E-state index is -1.29. The molecule has 3 N–H and O–H groups in total. The molecular weight excluding hydrogens is 496 g/mol. The SMILES string of the molecule is CCCCN(C=O)c1ccc(C2=NNC(c3cc(Cl)c([C@]4(C)CS(=O)N(C)C(N)=N4)s3)O2)cc1. The molecule has 182 valence electrons. The van der Waals surface area contributed by atoms with Crippen molar-refractivity contribution in [1.29, 1.82) is 0 Å². The lowest BCUT2D eigenvalue weighted by atomic mass is 10.0. The molecule has 0 spiro atoms. The van der Waals surface area contributed by atoms with Gasteiger partial charge < -0.3 is 15.4 Å². The lowest BCUT2D eigenvalue weighted by Crippen LogP contribution is -2.47. The zero-order valence-electron chi connectivity index (χ0n) is 19.2. The number of carbonyl (C=O) groups excluding carboxylic acids is 1. The summed E-state index contributed by atoms with van der Waals surface area (Å²) in [6.45, 7) is 4.65. The van der Waals surface area contributed by atoms with E-state index in [1.807, 2.05) is 37.3 Å². The molecule has 1 amide bonds. The van der Waals surface area contributed by atoms with Crippen LogP contribution in [0.1, 0.15) is 48.2 Å². The molecule has 2 aliphatic rings. The second-order valence-electron chi connectivity index (χ2n) is 8.28. The van der Waals surface area contributed by atoms with Gasteiger partial charge in [0.1, 0.15) is 16.5 Å². The van der Waals surface area contributed by atoms with E-state index in [2.05, 4.69) is 22.4 Å². The molecular formula is C22H27ClN6O3S2. The van der Waals surface area contributed by atoms with Crippen molar-refractivity contribution in [2.45, 2.75) is 38.5 Å². The summed E-state index contributed by atoms with van der Waals surface area (Å²) >= 11 is 7.99. The molecule has 3 heterocycles. The van der Waals surface area contributed by atoms with E-state index in [1.54, 1.807) is 11.9 Å². The van der Waals surface area contributed by atoms with Crippen LogP contribution >= 0.6 is 22.9 Å². The number of nitrogens with one attached hydrogen (secondary N) is 1. The first-order valence-corrected chi connectivity index (χ1v) is 13.3. The second kappa shape index (κ2) is 9.93. The Bertz CT molecular complexity index is 1150. The maximum absolute atomic E-state index is 12.5. The van der Waals surface area contributed by atoms with E-state index in [0.717, 1.165) is 40.3 Å². The molecule has 1 aromatic heterocycles. The topological polar surface area (TPSA) is 113 Å². The number of hydrogen-bond acceptors (Lipinski definition) is 8. The summed E-state index contributed by atoms with van der Waals surface area (Å²) in [5.41, 5.74) is 9.80. The highest BCUT2D eigenvalue weighted by molar-refractivity contribution is 7.83. The summed E-state index contributed by atoms with van der Waals surface area (Å²) < 4.78 is 20.0. The van der Waals surface area contributed by atoms with Crippen molar-refractivity contribution in [2.75, 3.05) is 24.2 Å². The van der Waals surface area contributed by atoms with Crippen LogP contribution in [0.4, 0.5) is 5.69 Å². The molecule has 2 unspecified atom stereocenters. The Hall–Kier alpha value is -2.63. The molecule has 0 bridgehead atoms. The highest BCUT2D eigenvalue weighted by Crippen LogP contribution is 2.43. The predicted molar refractivity (Wildman–Crippen MR) is 137 cm³/mol. The number of halogens is 1. The van der Waals surface area contributed by atoms with Crippen molar-refractivity contribution in [3.8, 4) is 0 Å². The zero-order chi connectivity index (χ0) is 24.5. The molecule has 0 saturated carbocycles. The van der Waals surface area contributed by atoms with E-state index in [1.165, 1.54) is 15.6 Å². The molecule has 34 heavy (non-hydrogen) atoms. The normalized spacial score (nSPS) is 24.2. The molecule has 0 radical (unpaired) electrons. The molecule has 0 saturated heterocycles. The van der Waals surface area contributed by atoms with Crippen LogP contribution in [0.15, 0.2) is 40.4 Å². The molecule has 0 fully saturated rings. The van der Waals surface area contributed by atoms with Crippen LogP contribution in [-0.2, 0) is 26.1 Å². The van der Waals surface area contributed by atoms with Crippen LogP contribution in [0, 0.1) is 0 Å². The zero-order valence-corrected chi connectivity index (χ0v) is 21.5. The number of benzene rings is 1. The van der Waals surface area contributed by atoms with Crippen LogP contribution < -0.4 is 16.1 Å². The summed E-state index contributed by atoms with van der Waals surface area (Å²) in [5, 5.41) is 4.85. The number of thiophene rings is 1. The molecule has 1 aromatic carbocycles. The van der Waals surface area contributed by atoms with Crippen LogP contribution in [-0.4, -0.2) is 46.1 Å². The highest BCUT2D eigenvalue weighted by Gasteiger charge is 2.39. The fraction of sp³-hybridized carbons (Fsp3) is 0.409. The number of hydrazone groups is 1. The molecule has 12 heteroatoms. The summed E-state index contributed by atoms with van der Waals surface area (Å²) in [7, 11) is 0.358. The first kappa shape index (κ1) is 24.5. The van der Waals surface area contributed by atoms with Crippen LogP contribution in [0.25, 0.3) is 0 Å². The number of rotatable bonds is 8. The number of carbonyl (C=O) groups is 1. The molecule has 3 atom stereocenters. The summed E-state index contributed by atoms with van der Waals surface area (Å²) in [6, 6.07) is 9.32. The number of unbranched alkanes of at least 4 members (excludes halogenated alkanes) is 1. The van der Waals surface area contributed by atoms with Gasteiger partial charge >= 0.3 is 0 Å². The number of hydrogen-bond donors (Lipinski definition) is 2. The van der Waals surface area contributed by atoms with Gasteiger partial charge in [-0.2, -0.15) is 0 Å². The van der Waals surface area contributed by atoms with Gasteiger partial charge in [-0.15, -0.1) is 16.4 Å². The Morgan fingerprint density at radius 1 is 1.44 bits per heavy atom. The summed E-state index contributed by atoms with van der Waals surface area (Å²) in [5.74, 6) is 0.945. The Morgan fingerprint density at radius 3 is 2.82 bits per heavy atom. The number of nitrogens with two attached hydrogens (primary N) is 1. The third kappa shape index (κ3) is 4.77. The quantitative estimate of drug-likeness (QED) is 0.516. The fourth-order valence-electron chi connectivity index (χ4n) is 3.70. The maximum atomic E-state index is 12.5. The number of amides is 1. The lowest BCUT2D eigenvalue weighted by Gasteiger charge is -2.33. The summed E-state index contributed by atoms with van der Waals surface area (Å²) in [6.07, 6.45) is 2.30. The number of ether oxygens (including phenoxy) is 1. The van der Waals surface area contributed by atoms with E-state index in [9.17, 15) is 9.00 Å². The second-order valence-corrected chi connectivity index (χ2v) is 11.2. The first-order chi connectivity index (χ1) is 16.3. The van der Waals surface area contributed by atoms with Gasteiger partial charge in [0.25, 0.3) is 0 Å². The van der Waals surface area contributed by atoms with Gasteiger partial charge in [-0.1, -0.05) is 24.9 Å². The molecule has 2 aliphatic heterocycles. The van der Waals surface area contributed by atoms with Gasteiger partial charge in [-0.3, -0.25) is 14.5 Å². The molecule has 0 aliphatic carbocycles. The van der Waals surface area contributed by atoms with Crippen LogP contribution in [0.5, 0.6) is 0 Å². The van der Waals surface area contributed by atoms with Gasteiger partial charge in [0.15, 0.2) is 0 Å².